The van der Waals surface area contributed by atoms with E-state index < -0.39 is 0 Å². The van der Waals surface area contributed by atoms with Crippen molar-refractivity contribution in [3.63, 3.8) is 0 Å². The summed E-state index contributed by atoms with van der Waals surface area (Å²) in [4.78, 5) is 8.60. The first-order valence-electron chi connectivity index (χ1n) is 9.64. The van der Waals surface area contributed by atoms with Gasteiger partial charge in [-0.1, -0.05) is 6.92 Å². The van der Waals surface area contributed by atoms with Gasteiger partial charge in [0.15, 0.2) is 0 Å². The largest absolute Gasteiger partial charge is 0.491 e. The van der Waals surface area contributed by atoms with Crippen LogP contribution in [0, 0.1) is 0 Å². The number of thioether (sulfide) groups is 1. The lowest BCUT2D eigenvalue weighted by molar-refractivity contribution is 0.140. The Bertz CT molecular complexity index is 736. The summed E-state index contributed by atoms with van der Waals surface area (Å²) < 4.78 is 5.44. The zero-order valence-electron chi connectivity index (χ0n) is 15.8. The van der Waals surface area contributed by atoms with Gasteiger partial charge in [-0.3, -0.25) is 4.90 Å². The molecule has 3 aliphatic rings. The molecule has 3 aliphatic heterocycles. The van der Waals surface area contributed by atoms with Crippen LogP contribution in [0.3, 0.4) is 0 Å². The fourth-order valence-electron chi connectivity index (χ4n) is 3.59. The molecule has 1 aromatic rings. The second-order valence-electron chi connectivity index (χ2n) is 6.88. The summed E-state index contributed by atoms with van der Waals surface area (Å²) in [7, 11) is 0. The maximum absolute atomic E-state index is 8.85. The minimum Gasteiger partial charge on any atom is -0.491 e. The highest BCUT2D eigenvalue weighted by atomic mass is 32.2. The average molecular weight is 386 g/mol. The van der Waals surface area contributed by atoms with Crippen molar-refractivity contribution in [2.24, 2.45) is 0 Å². The Hall–Kier alpha value is -1.73. The van der Waals surface area contributed by atoms with Gasteiger partial charge in [-0.15, -0.1) is 11.8 Å². The fraction of sp³-hybridized carbons (Fsp3) is 0.429. The summed E-state index contributed by atoms with van der Waals surface area (Å²) in [5.41, 5.74) is 2.44. The highest BCUT2D eigenvalue weighted by Gasteiger charge is 2.29. The number of aliphatic hydroxyl groups is 1. The smallest absolute Gasteiger partial charge is 0.119 e. The van der Waals surface area contributed by atoms with Crippen molar-refractivity contribution in [2.75, 3.05) is 50.8 Å². The van der Waals surface area contributed by atoms with E-state index in [1.807, 2.05) is 36.0 Å². The lowest BCUT2D eigenvalue weighted by Gasteiger charge is -2.36. The van der Waals surface area contributed by atoms with Gasteiger partial charge in [-0.25, -0.2) is 0 Å². The van der Waals surface area contributed by atoms with Gasteiger partial charge in [-0.2, -0.15) is 0 Å². The third-order valence-electron chi connectivity index (χ3n) is 5.23. The number of hydrogen-bond donors (Lipinski definition) is 1. The molecule has 1 saturated heterocycles. The summed E-state index contributed by atoms with van der Waals surface area (Å²) in [5, 5.41) is 9.30. The lowest BCUT2D eigenvalue weighted by Crippen LogP contribution is -2.48. The molecule has 1 fully saturated rings. The molecule has 4 rings (SSSR count). The summed E-state index contributed by atoms with van der Waals surface area (Å²) in [6, 6.07) is 7.98. The zero-order valence-corrected chi connectivity index (χ0v) is 16.6. The monoisotopic (exact) mass is 385 g/mol. The minimum absolute atomic E-state index is 0.0315. The molecule has 5 nitrogen and oxygen atoms in total. The van der Waals surface area contributed by atoms with Gasteiger partial charge < -0.3 is 19.6 Å². The number of fused-ring (bicyclic) bond motifs is 1. The molecular weight excluding hydrogens is 358 g/mol. The summed E-state index contributed by atoms with van der Waals surface area (Å²) in [5.74, 6) is 0.781. The number of aliphatic hydroxyl groups excluding tert-OH is 1. The third kappa shape index (κ3) is 4.24. The van der Waals surface area contributed by atoms with Crippen LogP contribution in [-0.2, 0) is 0 Å². The quantitative estimate of drug-likeness (QED) is 0.812. The molecule has 0 aromatic heterocycles. The molecule has 1 unspecified atom stereocenters. The highest BCUT2D eigenvalue weighted by molar-refractivity contribution is 8.04. The van der Waals surface area contributed by atoms with Crippen LogP contribution in [0.1, 0.15) is 6.92 Å². The Morgan fingerprint density at radius 3 is 2.63 bits per heavy atom. The second kappa shape index (κ2) is 8.52. The molecule has 3 heterocycles. The standard InChI is InChI=1S/C21H27N3O2S/c1-2-22-9-11-23(12-10-22)21-15-17-7-8-24(16-20(17)27-21)18-3-5-19(6-4-18)26-14-13-25/h3-8,15-16,21,25H,2,9-14H2,1H3. The maximum Gasteiger partial charge on any atom is 0.119 e. The molecule has 0 radical (unpaired) electrons. The Morgan fingerprint density at radius 1 is 1.15 bits per heavy atom. The second-order valence-corrected chi connectivity index (χ2v) is 8.04. The van der Waals surface area contributed by atoms with Crippen molar-refractivity contribution in [1.29, 1.82) is 0 Å². The molecule has 27 heavy (non-hydrogen) atoms. The number of benzene rings is 1. The van der Waals surface area contributed by atoms with Crippen LogP contribution < -0.4 is 9.64 Å². The van der Waals surface area contributed by atoms with Gasteiger partial charge in [0.05, 0.1) is 12.0 Å². The molecule has 1 atom stereocenters. The summed E-state index contributed by atoms with van der Waals surface area (Å²) in [6.07, 6.45) is 8.96. The normalized spacial score (nSPS) is 23.2. The van der Waals surface area contributed by atoms with Crippen LogP contribution in [0.4, 0.5) is 5.69 Å². The van der Waals surface area contributed by atoms with Gasteiger partial charge in [0.25, 0.3) is 0 Å². The maximum atomic E-state index is 8.85. The number of likely N-dealkylation sites (N-methyl/N-ethyl adjacent to an activating group) is 1. The molecule has 1 N–H and O–H groups in total. The molecular formula is C21H27N3O2S. The van der Waals surface area contributed by atoms with Crippen LogP contribution in [0.5, 0.6) is 5.75 Å². The first-order valence-corrected chi connectivity index (χ1v) is 10.5. The number of piperazine rings is 1. The molecule has 0 saturated carbocycles. The summed E-state index contributed by atoms with van der Waals surface area (Å²) in [6.45, 7) is 8.38. The molecule has 0 spiro atoms. The van der Waals surface area contributed by atoms with Crippen LogP contribution in [-0.4, -0.2) is 66.2 Å². The zero-order chi connectivity index (χ0) is 18.6. The van der Waals surface area contributed by atoms with Crippen LogP contribution in [0.2, 0.25) is 0 Å². The molecule has 144 valence electrons. The van der Waals surface area contributed by atoms with Gasteiger partial charge >= 0.3 is 0 Å². The number of allylic oxidation sites excluding steroid dienone is 2. The molecule has 0 bridgehead atoms. The van der Waals surface area contributed by atoms with Gasteiger partial charge in [0.1, 0.15) is 12.4 Å². The Morgan fingerprint density at radius 2 is 1.93 bits per heavy atom. The molecule has 0 amide bonds. The predicted octanol–water partition coefficient (Wildman–Crippen LogP) is 2.87. The Balaban J connectivity index is 1.40. The van der Waals surface area contributed by atoms with Crippen molar-refractivity contribution < 1.29 is 9.84 Å². The van der Waals surface area contributed by atoms with E-state index in [0.717, 1.165) is 31.1 Å². The Kier molecular flexibility index (Phi) is 5.88. The van der Waals surface area contributed by atoms with Crippen molar-refractivity contribution >= 4 is 17.4 Å². The number of ether oxygens (including phenoxy) is 1. The molecule has 0 aliphatic carbocycles. The van der Waals surface area contributed by atoms with Crippen molar-refractivity contribution in [2.45, 2.75) is 12.3 Å². The molecule has 1 aromatic carbocycles. The van der Waals surface area contributed by atoms with E-state index in [9.17, 15) is 0 Å². The van der Waals surface area contributed by atoms with E-state index >= 15 is 0 Å². The van der Waals surface area contributed by atoms with Crippen LogP contribution in [0.15, 0.2) is 59.3 Å². The predicted molar refractivity (Wildman–Crippen MR) is 112 cm³/mol. The van der Waals surface area contributed by atoms with E-state index in [2.05, 4.69) is 46.2 Å². The number of rotatable bonds is 6. The third-order valence-corrected chi connectivity index (χ3v) is 6.51. The topological polar surface area (TPSA) is 39.2 Å². The van der Waals surface area contributed by atoms with E-state index in [1.165, 1.54) is 23.6 Å². The molecule has 6 heteroatoms. The van der Waals surface area contributed by atoms with Crippen LogP contribution >= 0.6 is 11.8 Å². The van der Waals surface area contributed by atoms with E-state index in [0.29, 0.717) is 12.0 Å². The van der Waals surface area contributed by atoms with Gasteiger partial charge in [-0.05, 0) is 48.5 Å². The fourth-order valence-corrected chi connectivity index (χ4v) is 4.87. The number of anilines is 1. The minimum atomic E-state index is 0.0315. The average Bonchev–Trinajstić information content (AvgIpc) is 3.16. The van der Waals surface area contributed by atoms with Crippen molar-refractivity contribution in [3.05, 3.63) is 59.3 Å². The van der Waals surface area contributed by atoms with E-state index in [1.54, 1.807) is 0 Å². The summed E-state index contributed by atoms with van der Waals surface area (Å²) >= 11 is 1.95. The number of hydrogen-bond acceptors (Lipinski definition) is 6. The van der Waals surface area contributed by atoms with E-state index in [4.69, 9.17) is 9.84 Å². The van der Waals surface area contributed by atoms with Gasteiger partial charge in [0, 0.05) is 49.2 Å². The van der Waals surface area contributed by atoms with E-state index in [-0.39, 0.29) is 6.61 Å². The first-order chi connectivity index (χ1) is 13.3. The highest BCUT2D eigenvalue weighted by Crippen LogP contribution is 2.42. The SMILES string of the molecule is CCN1CCN(C2C=C3C=CN(c4ccc(OCCO)cc4)C=C3S2)CC1. The van der Waals surface area contributed by atoms with Crippen molar-refractivity contribution in [3.8, 4) is 5.75 Å². The van der Waals surface area contributed by atoms with Crippen molar-refractivity contribution in [1.82, 2.24) is 9.80 Å². The van der Waals surface area contributed by atoms with Crippen LogP contribution in [0.25, 0.3) is 0 Å². The first kappa shape index (κ1) is 18.6. The number of nitrogens with zero attached hydrogens (tertiary/aromatic N) is 3. The lowest BCUT2D eigenvalue weighted by atomic mass is 10.1. The van der Waals surface area contributed by atoms with Gasteiger partial charge in [0.2, 0.25) is 0 Å². The Labute approximate surface area is 165 Å².